The molecular formula is C37H20N2O. The highest BCUT2D eigenvalue weighted by Gasteiger charge is 2.20. The molecule has 3 aromatic heterocycles. The first-order valence-electron chi connectivity index (χ1n) is 13.6. The van der Waals surface area contributed by atoms with Crippen molar-refractivity contribution in [2.75, 3.05) is 0 Å². The van der Waals surface area contributed by atoms with Crippen LogP contribution in [-0.4, -0.2) is 9.38 Å². The van der Waals surface area contributed by atoms with Gasteiger partial charge in [-0.1, -0.05) is 91.0 Å². The van der Waals surface area contributed by atoms with Gasteiger partial charge >= 0.3 is 0 Å². The monoisotopic (exact) mass is 508 g/mol. The van der Waals surface area contributed by atoms with E-state index < -0.39 is 0 Å². The molecule has 0 radical (unpaired) electrons. The van der Waals surface area contributed by atoms with E-state index >= 15 is 0 Å². The lowest BCUT2D eigenvalue weighted by molar-refractivity contribution is 0.672. The Balaban J connectivity index is 1.39. The number of aromatic nitrogens is 2. The molecule has 184 valence electrons. The van der Waals surface area contributed by atoms with Gasteiger partial charge in [-0.3, -0.25) is 4.40 Å². The van der Waals surface area contributed by atoms with E-state index in [2.05, 4.69) is 120 Å². The Hall–Kier alpha value is -5.41. The number of para-hydroxylation sites is 2. The predicted octanol–water partition coefficient (Wildman–Crippen LogP) is 10.1. The van der Waals surface area contributed by atoms with Crippen molar-refractivity contribution in [1.29, 1.82) is 0 Å². The van der Waals surface area contributed by atoms with E-state index in [4.69, 9.17) is 9.40 Å². The maximum Gasteiger partial charge on any atom is 0.160 e. The van der Waals surface area contributed by atoms with Crippen LogP contribution in [0.25, 0.3) is 93.0 Å². The minimum Gasteiger partial charge on any atom is -0.454 e. The van der Waals surface area contributed by atoms with E-state index in [1.54, 1.807) is 0 Å². The van der Waals surface area contributed by atoms with Crippen molar-refractivity contribution >= 4 is 81.8 Å². The van der Waals surface area contributed by atoms with E-state index in [0.717, 1.165) is 49.5 Å². The molecule has 3 heteroatoms. The van der Waals surface area contributed by atoms with Crippen LogP contribution >= 0.6 is 0 Å². The van der Waals surface area contributed by atoms with Gasteiger partial charge in [0.25, 0.3) is 0 Å². The Morgan fingerprint density at radius 3 is 2.23 bits per heavy atom. The standard InChI is InChI=1S/C37H20N2O/c1-2-11-27-26(10-1)36-35(39-31-14-4-3-13-30(31)38-37(27)39)29-19-23(17-18-32(29)40-36)28-20-24-9-5-7-21-15-16-22-8-6-12-25(28)34(22)33(21)24/h1-20H. The van der Waals surface area contributed by atoms with Crippen LogP contribution in [0.4, 0.5) is 0 Å². The van der Waals surface area contributed by atoms with Crippen LogP contribution in [0.15, 0.2) is 126 Å². The molecule has 0 amide bonds. The van der Waals surface area contributed by atoms with Gasteiger partial charge in [-0.25, -0.2) is 4.98 Å². The molecule has 0 atom stereocenters. The highest BCUT2D eigenvalue weighted by Crippen LogP contribution is 2.43. The van der Waals surface area contributed by atoms with Gasteiger partial charge in [0.2, 0.25) is 0 Å². The molecule has 0 spiro atoms. The van der Waals surface area contributed by atoms with Gasteiger partial charge in [-0.05, 0) is 73.8 Å². The molecule has 10 rings (SSSR count). The molecule has 40 heavy (non-hydrogen) atoms. The zero-order valence-electron chi connectivity index (χ0n) is 21.3. The fourth-order valence-corrected chi connectivity index (χ4v) is 6.97. The number of furan rings is 1. The first-order valence-corrected chi connectivity index (χ1v) is 13.6. The summed E-state index contributed by atoms with van der Waals surface area (Å²) in [4.78, 5) is 5.07. The number of benzene rings is 7. The highest BCUT2D eigenvalue weighted by molar-refractivity contribution is 6.26. The summed E-state index contributed by atoms with van der Waals surface area (Å²) in [5, 5.41) is 11.0. The Morgan fingerprint density at radius 1 is 0.550 bits per heavy atom. The van der Waals surface area contributed by atoms with Crippen LogP contribution in [0.3, 0.4) is 0 Å². The van der Waals surface area contributed by atoms with Gasteiger partial charge in [-0.15, -0.1) is 0 Å². The molecule has 0 aliphatic rings. The van der Waals surface area contributed by atoms with Gasteiger partial charge in [-0.2, -0.15) is 0 Å². The van der Waals surface area contributed by atoms with Crippen molar-refractivity contribution < 1.29 is 4.42 Å². The van der Waals surface area contributed by atoms with Crippen molar-refractivity contribution in [2.24, 2.45) is 0 Å². The number of nitrogens with zero attached hydrogens (tertiary/aromatic N) is 2. The summed E-state index contributed by atoms with van der Waals surface area (Å²) in [7, 11) is 0. The molecule has 7 aromatic carbocycles. The van der Waals surface area contributed by atoms with E-state index in [9.17, 15) is 0 Å². The maximum absolute atomic E-state index is 6.63. The predicted molar refractivity (Wildman–Crippen MR) is 167 cm³/mol. The first-order chi connectivity index (χ1) is 19.8. The van der Waals surface area contributed by atoms with E-state index in [1.807, 2.05) is 6.07 Å². The van der Waals surface area contributed by atoms with Gasteiger partial charge in [0.1, 0.15) is 16.7 Å². The van der Waals surface area contributed by atoms with Crippen LogP contribution in [0.5, 0.6) is 0 Å². The zero-order valence-corrected chi connectivity index (χ0v) is 21.3. The first kappa shape index (κ1) is 20.5. The van der Waals surface area contributed by atoms with E-state index in [-0.39, 0.29) is 0 Å². The van der Waals surface area contributed by atoms with Crippen LogP contribution < -0.4 is 0 Å². The van der Waals surface area contributed by atoms with E-state index in [0.29, 0.717) is 0 Å². The molecule has 0 saturated heterocycles. The second-order valence-electron chi connectivity index (χ2n) is 10.8. The Bertz CT molecular complexity index is 2660. The van der Waals surface area contributed by atoms with Crippen molar-refractivity contribution in [3.63, 3.8) is 0 Å². The molecule has 0 bridgehead atoms. The summed E-state index contributed by atoms with van der Waals surface area (Å²) >= 11 is 0. The number of hydrogen-bond acceptors (Lipinski definition) is 2. The number of fused-ring (bicyclic) bond motifs is 10. The Kier molecular flexibility index (Phi) is 3.68. The third-order valence-corrected chi connectivity index (χ3v) is 8.68. The fraction of sp³-hybridized carbons (Fsp3) is 0. The third-order valence-electron chi connectivity index (χ3n) is 8.68. The quantitative estimate of drug-likeness (QED) is 0.207. The van der Waals surface area contributed by atoms with Crippen molar-refractivity contribution in [2.45, 2.75) is 0 Å². The lowest BCUT2D eigenvalue weighted by Gasteiger charge is -2.15. The molecule has 0 N–H and O–H groups in total. The van der Waals surface area contributed by atoms with Crippen LogP contribution in [0.2, 0.25) is 0 Å². The van der Waals surface area contributed by atoms with Crippen LogP contribution in [-0.2, 0) is 0 Å². The van der Waals surface area contributed by atoms with Gasteiger partial charge in [0, 0.05) is 16.2 Å². The Labute approximate surface area is 227 Å². The third kappa shape index (κ3) is 2.48. The van der Waals surface area contributed by atoms with Crippen molar-refractivity contribution in [3.8, 4) is 11.1 Å². The normalized spacial score (nSPS) is 12.5. The van der Waals surface area contributed by atoms with Crippen LogP contribution in [0.1, 0.15) is 0 Å². The summed E-state index contributed by atoms with van der Waals surface area (Å²) < 4.78 is 8.91. The molecule has 3 heterocycles. The molecule has 0 fully saturated rings. The maximum atomic E-state index is 6.63. The van der Waals surface area contributed by atoms with Crippen molar-refractivity contribution in [3.05, 3.63) is 121 Å². The minimum atomic E-state index is 0.881. The smallest absolute Gasteiger partial charge is 0.160 e. The summed E-state index contributed by atoms with van der Waals surface area (Å²) in [6.45, 7) is 0. The highest BCUT2D eigenvalue weighted by atomic mass is 16.3. The number of imidazole rings is 1. The number of hydrogen-bond donors (Lipinski definition) is 0. The molecule has 3 nitrogen and oxygen atoms in total. The largest absolute Gasteiger partial charge is 0.454 e. The fourth-order valence-electron chi connectivity index (χ4n) is 6.97. The van der Waals surface area contributed by atoms with Crippen LogP contribution in [0, 0.1) is 0 Å². The topological polar surface area (TPSA) is 30.4 Å². The zero-order chi connectivity index (χ0) is 25.9. The molecule has 10 aromatic rings. The summed E-state index contributed by atoms with van der Waals surface area (Å²) in [6.07, 6.45) is 0. The number of pyridine rings is 1. The minimum absolute atomic E-state index is 0.881. The summed E-state index contributed by atoms with van der Waals surface area (Å²) in [6, 6.07) is 43.5. The lowest BCUT2D eigenvalue weighted by atomic mass is 9.89. The Morgan fingerprint density at radius 2 is 1.30 bits per heavy atom. The lowest BCUT2D eigenvalue weighted by Crippen LogP contribution is -1.90. The van der Waals surface area contributed by atoms with Gasteiger partial charge in [0.15, 0.2) is 5.58 Å². The number of rotatable bonds is 1. The molecule has 0 aliphatic carbocycles. The van der Waals surface area contributed by atoms with Gasteiger partial charge in [0.05, 0.1) is 11.0 Å². The second-order valence-corrected chi connectivity index (χ2v) is 10.8. The summed E-state index contributed by atoms with van der Waals surface area (Å²) in [5.41, 5.74) is 8.29. The second kappa shape index (κ2) is 7.16. The molecule has 0 saturated carbocycles. The SMILES string of the molecule is c1cc2ccc3cccc4c(-c5ccc6oc7c8ccccc8c8nc9ccccc9n8c7c6c5)cc(c1)c2c34. The average Bonchev–Trinajstić information content (AvgIpc) is 3.58. The molecule has 0 unspecified atom stereocenters. The summed E-state index contributed by atoms with van der Waals surface area (Å²) in [5.74, 6) is 0. The van der Waals surface area contributed by atoms with E-state index in [1.165, 1.54) is 43.4 Å². The van der Waals surface area contributed by atoms with Gasteiger partial charge < -0.3 is 4.42 Å². The average molecular weight is 509 g/mol. The van der Waals surface area contributed by atoms with Crippen molar-refractivity contribution in [1.82, 2.24) is 9.38 Å². The molecular weight excluding hydrogens is 488 g/mol. The molecule has 0 aliphatic heterocycles.